The SMILES string of the molecule is CCC(Cc1c(F)cc([N+](=O)[O-])c2cccnc12)NC. The van der Waals surface area contributed by atoms with Gasteiger partial charge in [-0.3, -0.25) is 15.1 Å². The average Bonchev–Trinajstić information content (AvgIpc) is 2.45. The van der Waals surface area contributed by atoms with Crippen LogP contribution in [0.15, 0.2) is 24.4 Å². The van der Waals surface area contributed by atoms with Crippen molar-refractivity contribution in [2.75, 3.05) is 7.05 Å². The molecule has 1 N–H and O–H groups in total. The zero-order chi connectivity index (χ0) is 14.7. The first kappa shape index (κ1) is 14.3. The molecule has 1 aromatic carbocycles. The van der Waals surface area contributed by atoms with Gasteiger partial charge < -0.3 is 5.32 Å². The summed E-state index contributed by atoms with van der Waals surface area (Å²) in [5.74, 6) is -0.573. The van der Waals surface area contributed by atoms with Crippen molar-refractivity contribution in [3.05, 3.63) is 45.9 Å². The summed E-state index contributed by atoms with van der Waals surface area (Å²) in [5, 5.41) is 14.5. The van der Waals surface area contributed by atoms with Crippen molar-refractivity contribution in [2.24, 2.45) is 0 Å². The number of aromatic nitrogens is 1. The molecule has 5 nitrogen and oxygen atoms in total. The second kappa shape index (κ2) is 5.92. The van der Waals surface area contributed by atoms with Crippen molar-refractivity contribution in [1.82, 2.24) is 10.3 Å². The second-order valence-corrected chi connectivity index (χ2v) is 4.61. The fourth-order valence-corrected chi connectivity index (χ4v) is 2.29. The predicted octanol–water partition coefficient (Wildman–Crippen LogP) is 2.82. The van der Waals surface area contributed by atoms with Gasteiger partial charge >= 0.3 is 0 Å². The number of nitrogens with one attached hydrogen (secondary N) is 1. The Labute approximate surface area is 116 Å². The van der Waals surface area contributed by atoms with Gasteiger partial charge in [-0.2, -0.15) is 0 Å². The molecule has 6 heteroatoms. The molecule has 2 aromatic rings. The van der Waals surface area contributed by atoms with E-state index in [0.29, 0.717) is 22.9 Å². The van der Waals surface area contributed by atoms with Crippen LogP contribution in [0.5, 0.6) is 0 Å². The molecule has 0 saturated heterocycles. The van der Waals surface area contributed by atoms with Gasteiger partial charge in [0, 0.05) is 17.8 Å². The number of benzene rings is 1. The number of hydrogen-bond acceptors (Lipinski definition) is 4. The summed E-state index contributed by atoms with van der Waals surface area (Å²) in [6.07, 6.45) is 2.81. The number of likely N-dealkylation sites (N-methyl/N-ethyl adjacent to an activating group) is 1. The lowest BCUT2D eigenvalue weighted by molar-refractivity contribution is -0.383. The van der Waals surface area contributed by atoms with E-state index in [9.17, 15) is 14.5 Å². The van der Waals surface area contributed by atoms with Crippen LogP contribution in [0.1, 0.15) is 18.9 Å². The highest BCUT2D eigenvalue weighted by Crippen LogP contribution is 2.30. The van der Waals surface area contributed by atoms with Crippen LogP contribution in [0.2, 0.25) is 0 Å². The van der Waals surface area contributed by atoms with E-state index in [-0.39, 0.29) is 11.7 Å². The molecule has 0 amide bonds. The van der Waals surface area contributed by atoms with Gasteiger partial charge in [-0.05, 0) is 32.0 Å². The largest absolute Gasteiger partial charge is 0.317 e. The zero-order valence-corrected chi connectivity index (χ0v) is 11.4. The fraction of sp³-hybridized carbons (Fsp3) is 0.357. The lowest BCUT2D eigenvalue weighted by Crippen LogP contribution is -2.27. The average molecular weight is 277 g/mol. The number of nitro benzene ring substituents is 1. The van der Waals surface area contributed by atoms with Crippen molar-refractivity contribution in [3.63, 3.8) is 0 Å². The number of halogens is 1. The van der Waals surface area contributed by atoms with Gasteiger partial charge in [-0.15, -0.1) is 0 Å². The first-order valence-electron chi connectivity index (χ1n) is 6.46. The highest BCUT2D eigenvalue weighted by atomic mass is 19.1. The van der Waals surface area contributed by atoms with Crippen LogP contribution in [0.25, 0.3) is 10.9 Å². The smallest absolute Gasteiger partial charge is 0.281 e. The summed E-state index contributed by atoms with van der Waals surface area (Å²) in [6, 6.07) is 4.31. The molecule has 0 radical (unpaired) electrons. The van der Waals surface area contributed by atoms with Gasteiger partial charge in [0.2, 0.25) is 0 Å². The lowest BCUT2D eigenvalue weighted by Gasteiger charge is -2.15. The molecule has 0 saturated carbocycles. The van der Waals surface area contributed by atoms with Gasteiger partial charge in [-0.1, -0.05) is 6.92 Å². The summed E-state index contributed by atoms with van der Waals surface area (Å²) in [4.78, 5) is 14.6. The summed E-state index contributed by atoms with van der Waals surface area (Å²) in [7, 11) is 1.81. The number of rotatable bonds is 5. The highest BCUT2D eigenvalue weighted by Gasteiger charge is 2.21. The number of nitrogens with zero attached hydrogens (tertiary/aromatic N) is 2. The van der Waals surface area contributed by atoms with E-state index in [0.717, 1.165) is 12.5 Å². The first-order valence-corrected chi connectivity index (χ1v) is 6.46. The maximum atomic E-state index is 14.2. The molecule has 1 atom stereocenters. The minimum absolute atomic E-state index is 0.108. The Morgan fingerprint density at radius 3 is 2.90 bits per heavy atom. The molecular weight excluding hydrogens is 261 g/mol. The minimum Gasteiger partial charge on any atom is -0.317 e. The number of non-ortho nitro benzene ring substituents is 1. The Hall–Kier alpha value is -2.08. The Balaban J connectivity index is 2.63. The van der Waals surface area contributed by atoms with Crippen LogP contribution in [0.3, 0.4) is 0 Å². The van der Waals surface area contributed by atoms with E-state index < -0.39 is 10.7 Å². The number of nitro groups is 1. The van der Waals surface area contributed by atoms with E-state index >= 15 is 0 Å². The zero-order valence-electron chi connectivity index (χ0n) is 11.4. The van der Waals surface area contributed by atoms with E-state index in [1.54, 1.807) is 12.1 Å². The number of pyridine rings is 1. The molecule has 0 fully saturated rings. The third-order valence-corrected chi connectivity index (χ3v) is 3.47. The summed E-state index contributed by atoms with van der Waals surface area (Å²) < 4.78 is 14.2. The van der Waals surface area contributed by atoms with E-state index in [1.165, 1.54) is 6.20 Å². The van der Waals surface area contributed by atoms with E-state index in [1.807, 2.05) is 14.0 Å². The number of hydrogen-bond donors (Lipinski definition) is 1. The van der Waals surface area contributed by atoms with Crippen LogP contribution in [0, 0.1) is 15.9 Å². The second-order valence-electron chi connectivity index (χ2n) is 4.61. The third kappa shape index (κ3) is 2.60. The van der Waals surface area contributed by atoms with E-state index in [2.05, 4.69) is 10.3 Å². The molecule has 0 bridgehead atoms. The Morgan fingerprint density at radius 2 is 2.30 bits per heavy atom. The molecule has 1 heterocycles. The van der Waals surface area contributed by atoms with Crippen LogP contribution in [0.4, 0.5) is 10.1 Å². The summed E-state index contributed by atoms with van der Waals surface area (Å²) >= 11 is 0. The Kier molecular flexibility index (Phi) is 4.24. The van der Waals surface area contributed by atoms with Gasteiger partial charge in [-0.25, -0.2) is 4.39 Å². The molecular formula is C14H16FN3O2. The summed E-state index contributed by atoms with van der Waals surface area (Å²) in [5.41, 5.74) is 0.548. The number of fused-ring (bicyclic) bond motifs is 1. The molecule has 0 aliphatic rings. The Bertz CT molecular complexity index is 642. The van der Waals surface area contributed by atoms with Crippen LogP contribution >= 0.6 is 0 Å². The van der Waals surface area contributed by atoms with Crippen molar-refractivity contribution in [1.29, 1.82) is 0 Å². The molecule has 20 heavy (non-hydrogen) atoms. The summed E-state index contributed by atoms with van der Waals surface area (Å²) in [6.45, 7) is 2.00. The Morgan fingerprint density at radius 1 is 1.55 bits per heavy atom. The van der Waals surface area contributed by atoms with E-state index in [4.69, 9.17) is 0 Å². The molecule has 0 spiro atoms. The topological polar surface area (TPSA) is 68.1 Å². The molecule has 1 unspecified atom stereocenters. The maximum absolute atomic E-state index is 14.2. The lowest BCUT2D eigenvalue weighted by atomic mass is 9.99. The standard InChI is InChI=1S/C14H16FN3O2/c1-3-9(16-2)7-11-12(15)8-13(18(19)20)10-5-4-6-17-14(10)11/h4-6,8-9,16H,3,7H2,1-2H3. The van der Waals surface area contributed by atoms with Gasteiger partial charge in [0.05, 0.1) is 21.9 Å². The molecule has 0 aliphatic carbocycles. The van der Waals surface area contributed by atoms with Crippen LogP contribution in [-0.4, -0.2) is 23.0 Å². The van der Waals surface area contributed by atoms with Crippen molar-refractivity contribution >= 4 is 16.6 Å². The molecule has 106 valence electrons. The third-order valence-electron chi connectivity index (χ3n) is 3.47. The van der Waals surface area contributed by atoms with Gasteiger partial charge in [0.15, 0.2) is 0 Å². The first-order chi connectivity index (χ1) is 9.58. The molecule has 2 rings (SSSR count). The normalized spacial score (nSPS) is 12.6. The van der Waals surface area contributed by atoms with Crippen molar-refractivity contribution in [3.8, 4) is 0 Å². The monoisotopic (exact) mass is 277 g/mol. The highest BCUT2D eigenvalue weighted by molar-refractivity contribution is 5.90. The predicted molar refractivity (Wildman–Crippen MR) is 75.2 cm³/mol. The van der Waals surface area contributed by atoms with Crippen LogP contribution in [-0.2, 0) is 6.42 Å². The molecule has 1 aromatic heterocycles. The van der Waals surface area contributed by atoms with Gasteiger partial charge in [0.25, 0.3) is 5.69 Å². The maximum Gasteiger partial charge on any atom is 0.281 e. The minimum atomic E-state index is -0.577. The molecule has 0 aliphatic heterocycles. The van der Waals surface area contributed by atoms with Crippen molar-refractivity contribution < 1.29 is 9.31 Å². The van der Waals surface area contributed by atoms with Crippen molar-refractivity contribution in [2.45, 2.75) is 25.8 Å². The quantitative estimate of drug-likeness (QED) is 0.674. The van der Waals surface area contributed by atoms with Crippen LogP contribution < -0.4 is 5.32 Å². The van der Waals surface area contributed by atoms with Gasteiger partial charge in [0.1, 0.15) is 5.82 Å². The fourth-order valence-electron chi connectivity index (χ4n) is 2.29.